The van der Waals surface area contributed by atoms with Gasteiger partial charge in [0.15, 0.2) is 15.6 Å². The fourth-order valence-electron chi connectivity index (χ4n) is 4.51. The van der Waals surface area contributed by atoms with Crippen LogP contribution in [-0.4, -0.2) is 61.4 Å². The molecule has 2 aromatic heterocycles. The average molecular weight is 550 g/mol. The molecule has 8 nitrogen and oxygen atoms in total. The zero-order valence-electron chi connectivity index (χ0n) is 20.7. The van der Waals surface area contributed by atoms with Gasteiger partial charge < -0.3 is 19.5 Å². The van der Waals surface area contributed by atoms with E-state index in [4.69, 9.17) is 9.52 Å². The molecule has 1 amide bonds. The van der Waals surface area contributed by atoms with Gasteiger partial charge in [0.05, 0.1) is 12.1 Å². The van der Waals surface area contributed by atoms with Crippen molar-refractivity contribution in [2.45, 2.75) is 42.7 Å². The van der Waals surface area contributed by atoms with Crippen LogP contribution in [0, 0.1) is 6.92 Å². The third kappa shape index (κ3) is 5.98. The molecular weight excluding hydrogens is 522 g/mol. The zero-order chi connectivity index (χ0) is 26.6. The van der Waals surface area contributed by atoms with Crippen LogP contribution < -0.4 is 0 Å². The number of oxazole rings is 1. The van der Waals surface area contributed by atoms with Gasteiger partial charge in [-0.2, -0.15) is 0 Å². The second-order valence-corrected chi connectivity index (χ2v) is 11.3. The molecule has 0 bridgehead atoms. The number of thioether (sulfide) groups is 1. The highest BCUT2D eigenvalue weighted by Gasteiger charge is 2.28. The minimum Gasteiger partial charge on any atom is -0.476 e. The normalized spacial score (nSPS) is 16.6. The number of aryl methyl sites for hydroxylation is 1. The molecule has 0 spiro atoms. The van der Waals surface area contributed by atoms with E-state index in [-0.39, 0.29) is 17.6 Å². The number of carboxylic acid groups (broad SMARTS) is 1. The molecule has 4 aromatic rings. The van der Waals surface area contributed by atoms with Crippen LogP contribution >= 0.6 is 23.1 Å². The van der Waals surface area contributed by atoms with Crippen LogP contribution in [0.3, 0.4) is 0 Å². The van der Waals surface area contributed by atoms with E-state index in [1.807, 2.05) is 60.4 Å². The summed E-state index contributed by atoms with van der Waals surface area (Å²) < 4.78 is 6.62. The third-order valence-electron chi connectivity index (χ3n) is 6.43. The van der Waals surface area contributed by atoms with Crippen molar-refractivity contribution in [3.05, 3.63) is 76.8 Å². The fraction of sp³-hybridized carbons (Fsp3) is 0.286. The predicted molar refractivity (Wildman–Crippen MR) is 148 cm³/mol. The highest BCUT2D eigenvalue weighted by atomic mass is 32.2. The average Bonchev–Trinajstić information content (AvgIpc) is 3.63. The molecule has 2 aromatic carbocycles. The van der Waals surface area contributed by atoms with Crippen LogP contribution in [0.1, 0.15) is 34.5 Å². The van der Waals surface area contributed by atoms with Crippen molar-refractivity contribution in [1.29, 1.82) is 0 Å². The van der Waals surface area contributed by atoms with E-state index in [9.17, 15) is 14.7 Å². The number of benzene rings is 2. The number of carbonyl (C=O) groups excluding carboxylic acids is 1. The third-order valence-corrected chi connectivity index (χ3v) is 8.43. The van der Waals surface area contributed by atoms with Gasteiger partial charge in [0.25, 0.3) is 0 Å². The van der Waals surface area contributed by atoms with Crippen LogP contribution in [0.4, 0.5) is 0 Å². The largest absolute Gasteiger partial charge is 0.476 e. The summed E-state index contributed by atoms with van der Waals surface area (Å²) in [7, 11) is 0. The number of rotatable bonds is 10. The molecule has 1 aliphatic rings. The number of nitrogens with zero attached hydrogens (tertiary/aromatic N) is 3. The van der Waals surface area contributed by atoms with Gasteiger partial charge in [-0.1, -0.05) is 48.2 Å². The van der Waals surface area contributed by atoms with Crippen LogP contribution in [-0.2, 0) is 11.2 Å². The van der Waals surface area contributed by atoms with Gasteiger partial charge in [0, 0.05) is 36.1 Å². The molecule has 0 radical (unpaired) electrons. The summed E-state index contributed by atoms with van der Waals surface area (Å²) in [5.41, 5.74) is 4.51. The summed E-state index contributed by atoms with van der Waals surface area (Å²) in [6.45, 7) is 2.53. The Labute approximate surface area is 228 Å². The number of fused-ring (bicyclic) bond motifs is 1. The second-order valence-electron chi connectivity index (χ2n) is 9.14. The topological polar surface area (TPSA) is 117 Å². The maximum atomic E-state index is 12.4. The van der Waals surface area contributed by atoms with Gasteiger partial charge in [0.1, 0.15) is 5.52 Å². The molecule has 0 aliphatic carbocycles. The number of aromatic nitrogens is 2. The monoisotopic (exact) mass is 549 g/mol. The Kier molecular flexibility index (Phi) is 7.92. The molecule has 3 heterocycles. The van der Waals surface area contributed by atoms with Crippen molar-refractivity contribution in [3.8, 4) is 11.5 Å². The number of thiazole rings is 1. The molecule has 1 fully saturated rings. The van der Waals surface area contributed by atoms with E-state index in [1.165, 1.54) is 28.5 Å². The molecule has 2 N–H and O–H groups in total. The van der Waals surface area contributed by atoms with Crippen LogP contribution in [0.25, 0.3) is 22.6 Å². The Bertz CT molecular complexity index is 1490. The number of hydrogen-bond acceptors (Lipinski definition) is 8. The van der Waals surface area contributed by atoms with Crippen LogP contribution in [0.2, 0.25) is 0 Å². The molecule has 1 saturated heterocycles. The number of hydrogen-bond donors (Lipinski definition) is 2. The first-order valence-electron chi connectivity index (χ1n) is 12.3. The van der Waals surface area contributed by atoms with Crippen LogP contribution in [0.5, 0.6) is 0 Å². The quantitative estimate of drug-likeness (QED) is 0.205. The van der Waals surface area contributed by atoms with Crippen molar-refractivity contribution in [2.24, 2.45) is 0 Å². The highest BCUT2D eigenvalue weighted by Crippen LogP contribution is 2.28. The van der Waals surface area contributed by atoms with E-state index < -0.39 is 12.1 Å². The number of amides is 1. The summed E-state index contributed by atoms with van der Waals surface area (Å²) in [6, 6.07) is 13.6. The molecule has 2 atom stereocenters. The van der Waals surface area contributed by atoms with Crippen molar-refractivity contribution in [2.75, 3.05) is 12.3 Å². The summed E-state index contributed by atoms with van der Waals surface area (Å²) in [6.07, 6.45) is 4.59. The Morgan fingerprint density at radius 2 is 2.13 bits per heavy atom. The molecular formula is C28H27N3O5S2. The van der Waals surface area contributed by atoms with Crippen molar-refractivity contribution >= 4 is 46.1 Å². The molecule has 38 heavy (non-hydrogen) atoms. The minimum atomic E-state index is -1.04. The Balaban J connectivity index is 1.18. The maximum absolute atomic E-state index is 12.4. The highest BCUT2D eigenvalue weighted by molar-refractivity contribution is 8.01. The molecule has 0 saturated carbocycles. The smallest absolute Gasteiger partial charge is 0.355 e. The lowest BCUT2D eigenvalue weighted by Crippen LogP contribution is -2.33. The second kappa shape index (κ2) is 11.5. The van der Waals surface area contributed by atoms with Gasteiger partial charge in [0.2, 0.25) is 11.8 Å². The minimum absolute atomic E-state index is 0.0408. The first-order chi connectivity index (χ1) is 18.4. The van der Waals surface area contributed by atoms with Gasteiger partial charge in [-0.15, -0.1) is 11.3 Å². The van der Waals surface area contributed by atoms with E-state index in [1.54, 1.807) is 6.08 Å². The maximum Gasteiger partial charge on any atom is 0.355 e. The summed E-state index contributed by atoms with van der Waals surface area (Å²) in [5, 5.41) is 21.2. The summed E-state index contributed by atoms with van der Waals surface area (Å²) >= 11 is 2.73. The SMILES string of the molecule is Cc1cccc2oc(-c3cccc(C[C@H](O)C=C[C@H]4CCC(=O)N4CCSc4nc(C(=O)O)cs4)c3)nc12. The van der Waals surface area contributed by atoms with E-state index in [2.05, 4.69) is 9.97 Å². The fourth-order valence-corrected chi connectivity index (χ4v) is 6.32. The lowest BCUT2D eigenvalue weighted by atomic mass is 10.0. The number of aromatic carboxylic acids is 1. The van der Waals surface area contributed by atoms with Gasteiger partial charge >= 0.3 is 5.97 Å². The number of para-hydroxylation sites is 1. The Morgan fingerprint density at radius 3 is 2.92 bits per heavy atom. The summed E-state index contributed by atoms with van der Waals surface area (Å²) in [4.78, 5) is 34.0. The van der Waals surface area contributed by atoms with Gasteiger partial charge in [-0.25, -0.2) is 14.8 Å². The first-order valence-corrected chi connectivity index (χ1v) is 14.2. The van der Waals surface area contributed by atoms with Crippen LogP contribution in [0.15, 0.2) is 68.8 Å². The van der Waals surface area contributed by atoms with E-state index in [0.717, 1.165) is 27.8 Å². The Morgan fingerprint density at radius 1 is 1.29 bits per heavy atom. The molecule has 5 rings (SSSR count). The number of carboxylic acids is 1. The summed E-state index contributed by atoms with van der Waals surface area (Å²) in [5.74, 6) is 0.213. The first kappa shape index (κ1) is 26.1. The van der Waals surface area contributed by atoms with E-state index in [0.29, 0.717) is 41.8 Å². The lowest BCUT2D eigenvalue weighted by Gasteiger charge is -2.22. The van der Waals surface area contributed by atoms with E-state index >= 15 is 0 Å². The molecule has 196 valence electrons. The van der Waals surface area contributed by atoms with Gasteiger partial charge in [-0.3, -0.25) is 4.79 Å². The number of aliphatic hydroxyl groups excluding tert-OH is 1. The predicted octanol–water partition coefficient (Wildman–Crippen LogP) is 5.20. The number of likely N-dealkylation sites (tertiary alicyclic amines) is 1. The standard InChI is InChI=1S/C28H27N3O5S2/c1-17-4-2-7-23-25(17)30-26(36-23)19-6-3-5-18(14-19)15-21(32)10-8-20-9-11-24(33)31(20)12-13-37-28-29-22(16-38-28)27(34)35/h2-8,10,14,16,20-21,32H,9,11-13,15H2,1H3,(H,34,35)/t20-,21+/m0/s1. The van der Waals surface area contributed by atoms with Crippen molar-refractivity contribution in [3.63, 3.8) is 0 Å². The molecule has 1 aliphatic heterocycles. The van der Waals surface area contributed by atoms with Crippen molar-refractivity contribution < 1.29 is 24.2 Å². The molecule has 0 unspecified atom stereocenters. The number of aliphatic hydroxyl groups is 1. The zero-order valence-corrected chi connectivity index (χ0v) is 22.4. The lowest BCUT2D eigenvalue weighted by molar-refractivity contribution is -0.128. The van der Waals surface area contributed by atoms with Gasteiger partial charge in [-0.05, 0) is 42.7 Å². The Hall–Kier alpha value is -3.47. The molecule has 10 heteroatoms. The van der Waals surface area contributed by atoms with Crippen molar-refractivity contribution in [1.82, 2.24) is 14.9 Å². The number of carbonyl (C=O) groups is 2.